The molecule has 0 aliphatic carbocycles. The van der Waals surface area contributed by atoms with Gasteiger partial charge >= 0.3 is 29.6 Å². The summed E-state index contributed by atoms with van der Waals surface area (Å²) < 4.78 is 27.8. The van der Waals surface area contributed by atoms with Crippen molar-refractivity contribution in [3.63, 3.8) is 0 Å². The largest absolute Gasteiger partial charge is 1.00 e. The summed E-state index contributed by atoms with van der Waals surface area (Å²) in [6.45, 7) is 1.84. The molecule has 0 aromatic rings. The van der Waals surface area contributed by atoms with Crippen molar-refractivity contribution < 1.29 is 42.9 Å². The van der Waals surface area contributed by atoms with E-state index in [2.05, 4.69) is 0 Å². The van der Waals surface area contributed by atoms with Crippen LogP contribution >= 0.6 is 0 Å². The van der Waals surface area contributed by atoms with E-state index in [1.807, 2.05) is 6.92 Å². The molecule has 0 fully saturated rings. The van der Waals surface area contributed by atoms with Gasteiger partial charge in [-0.05, 0) is 11.8 Å². The first kappa shape index (κ1) is 12.6. The Labute approximate surface area is 77.8 Å². The summed E-state index contributed by atoms with van der Waals surface area (Å²) in [6.07, 6.45) is 1.15. The molecule has 1 N–H and O–H groups in total. The monoisotopic (exact) mass is 160 g/mol. The Bertz CT molecular complexity index is 151. The maximum Gasteiger partial charge on any atom is 1.00 e. The van der Waals surface area contributed by atoms with Crippen LogP contribution in [-0.4, -0.2) is 18.7 Å². The van der Waals surface area contributed by atoms with E-state index in [1.165, 1.54) is 0 Å². The van der Waals surface area contributed by atoms with Crippen molar-refractivity contribution in [3.05, 3.63) is 0 Å². The predicted molar refractivity (Wildman–Crippen MR) is 32.5 cm³/mol. The Balaban J connectivity index is 0. The molecular formula is C4H9NaO3S. The summed E-state index contributed by atoms with van der Waals surface area (Å²) in [5.74, 6) is 0. The molecule has 1 atom stereocenters. The maximum absolute atomic E-state index is 9.89. The van der Waals surface area contributed by atoms with E-state index in [0.717, 1.165) is 11.8 Å². The van der Waals surface area contributed by atoms with Crippen LogP contribution < -0.4 is 29.6 Å². The van der Waals surface area contributed by atoms with Crippen molar-refractivity contribution in [2.24, 2.45) is 0 Å². The Morgan fingerprint density at radius 2 is 2.22 bits per heavy atom. The first-order chi connectivity index (χ1) is 3.56. The molecule has 0 aliphatic rings. The molecule has 0 aliphatic heterocycles. The van der Waals surface area contributed by atoms with Crippen molar-refractivity contribution in [1.29, 1.82) is 0 Å². The summed E-state index contributed by atoms with van der Waals surface area (Å²) in [5.41, 5.74) is 0. The molecule has 0 amide bonds. The van der Waals surface area contributed by atoms with E-state index >= 15 is 0 Å². The van der Waals surface area contributed by atoms with Crippen LogP contribution in [0.25, 0.3) is 0 Å². The molecule has 0 heterocycles. The first-order valence-electron chi connectivity index (χ1n) is 2.37. The zero-order valence-corrected chi connectivity index (χ0v) is 8.48. The van der Waals surface area contributed by atoms with Gasteiger partial charge in [-0.15, -0.1) is 0 Å². The summed E-state index contributed by atoms with van der Waals surface area (Å²) in [6, 6.07) is 0. The summed E-state index contributed by atoms with van der Waals surface area (Å²) in [4.78, 5) is 0. The number of unbranched alkanes of at least 4 members (excludes halogenated alkanes) is 1. The van der Waals surface area contributed by atoms with Crippen LogP contribution in [0.4, 0.5) is 0 Å². The fraction of sp³-hybridized carbons (Fsp3) is 0.750. The third kappa shape index (κ3) is 12.2. The standard InChI is InChI=1S/C4H10O3S.Na/c1-2-3-4-8(5,6)7;/h4H,2-3H2,1H3,(H2,5,6,7);/q;+1/p-1. The molecule has 50 valence electrons. The maximum atomic E-state index is 9.89. The minimum Gasteiger partial charge on any atom is -0.757 e. The van der Waals surface area contributed by atoms with Gasteiger partial charge in [-0.3, -0.25) is 4.21 Å². The normalized spacial score (nSPS) is 15.4. The fourth-order valence-corrected chi connectivity index (χ4v) is 0.800. The molecule has 0 aromatic heterocycles. The second kappa shape index (κ2) is 5.70. The van der Waals surface area contributed by atoms with E-state index in [-0.39, 0.29) is 29.6 Å². The Morgan fingerprint density at radius 1 is 1.78 bits per heavy atom. The third-order valence-corrected chi connectivity index (χ3v) is 1.27. The minimum atomic E-state index is -3.81. The van der Waals surface area contributed by atoms with Gasteiger partial charge in [0, 0.05) is 10.1 Å². The molecule has 3 nitrogen and oxygen atoms in total. The van der Waals surface area contributed by atoms with Gasteiger partial charge in [-0.25, -0.2) is 0 Å². The van der Waals surface area contributed by atoms with Gasteiger partial charge in [0.05, 0.1) is 0 Å². The smallest absolute Gasteiger partial charge is 0.757 e. The Hall–Kier alpha value is 0.940. The molecule has 0 saturated carbocycles. The topological polar surface area (TPSA) is 60.4 Å². The molecule has 5 heteroatoms. The van der Waals surface area contributed by atoms with Crippen molar-refractivity contribution in [2.45, 2.75) is 19.8 Å². The van der Waals surface area contributed by atoms with Crippen LogP contribution in [0, 0.1) is 0 Å². The average molecular weight is 160 g/mol. The van der Waals surface area contributed by atoms with E-state index in [0.29, 0.717) is 6.42 Å². The number of rotatable bonds is 2. The Morgan fingerprint density at radius 3 is 2.33 bits per heavy atom. The van der Waals surface area contributed by atoms with Gasteiger partial charge in [-0.2, -0.15) is 0 Å². The van der Waals surface area contributed by atoms with E-state index in [9.17, 15) is 8.76 Å². The molecular weight excluding hydrogens is 151 g/mol. The predicted octanol–water partition coefficient (Wildman–Crippen LogP) is -2.52. The first-order valence-corrected chi connectivity index (χ1v) is 3.87. The SMILES string of the molecule is CCCC=S(=O)([O-])O.[Na+]. The van der Waals surface area contributed by atoms with Crippen molar-refractivity contribution in [1.82, 2.24) is 0 Å². The van der Waals surface area contributed by atoms with E-state index in [4.69, 9.17) is 4.55 Å². The van der Waals surface area contributed by atoms with E-state index < -0.39 is 10.1 Å². The second-order valence-electron chi connectivity index (χ2n) is 1.47. The fourth-order valence-electron chi connectivity index (χ4n) is 0.267. The van der Waals surface area contributed by atoms with Crippen LogP contribution in [0.5, 0.6) is 0 Å². The zero-order chi connectivity index (χ0) is 6.62. The molecule has 0 rings (SSSR count). The summed E-state index contributed by atoms with van der Waals surface area (Å²) in [5, 5.41) is 0.896. The third-order valence-electron chi connectivity index (χ3n) is 0.617. The molecule has 1 unspecified atom stereocenters. The molecule has 0 saturated heterocycles. The summed E-state index contributed by atoms with van der Waals surface area (Å²) >= 11 is 0. The van der Waals surface area contributed by atoms with Crippen LogP contribution in [0.3, 0.4) is 0 Å². The van der Waals surface area contributed by atoms with Gasteiger partial charge in [0.25, 0.3) is 0 Å². The minimum absolute atomic E-state index is 0. The average Bonchev–Trinajstić information content (AvgIpc) is 1.59. The van der Waals surface area contributed by atoms with Gasteiger partial charge in [0.1, 0.15) is 0 Å². The molecule has 0 aromatic carbocycles. The van der Waals surface area contributed by atoms with Crippen molar-refractivity contribution in [3.8, 4) is 0 Å². The van der Waals surface area contributed by atoms with Gasteiger partial charge in [0.2, 0.25) is 0 Å². The molecule has 0 bridgehead atoms. The zero-order valence-electron chi connectivity index (χ0n) is 5.66. The molecule has 0 spiro atoms. The quantitative estimate of drug-likeness (QED) is 0.358. The Kier molecular flexibility index (Phi) is 7.99. The van der Waals surface area contributed by atoms with Gasteiger partial charge < -0.3 is 9.11 Å². The van der Waals surface area contributed by atoms with Crippen molar-refractivity contribution >= 4 is 15.5 Å². The van der Waals surface area contributed by atoms with Crippen LogP contribution in [0.15, 0.2) is 0 Å². The summed E-state index contributed by atoms with van der Waals surface area (Å²) in [7, 11) is -3.81. The van der Waals surface area contributed by atoms with Gasteiger partial charge in [0.15, 0.2) is 0 Å². The van der Waals surface area contributed by atoms with Crippen LogP contribution in [0.1, 0.15) is 19.8 Å². The molecule has 9 heavy (non-hydrogen) atoms. The number of hydrogen-bond acceptors (Lipinski definition) is 2. The van der Waals surface area contributed by atoms with Crippen LogP contribution in [0.2, 0.25) is 0 Å². The molecule has 0 radical (unpaired) electrons. The number of hydrogen-bond donors (Lipinski definition) is 1. The van der Waals surface area contributed by atoms with E-state index in [1.54, 1.807) is 0 Å². The van der Waals surface area contributed by atoms with Crippen LogP contribution in [-0.2, 0) is 10.1 Å². The van der Waals surface area contributed by atoms with Crippen molar-refractivity contribution in [2.75, 3.05) is 0 Å². The second-order valence-corrected chi connectivity index (χ2v) is 2.83. The van der Waals surface area contributed by atoms with Gasteiger partial charge in [-0.1, -0.05) is 13.3 Å².